The number of anilines is 1. The molecule has 0 bridgehead atoms. The number of nitrogens with one attached hydrogen (secondary N) is 2. The van der Waals surface area contributed by atoms with Crippen molar-refractivity contribution in [3.05, 3.63) is 28.5 Å². The Hall–Kier alpha value is -1.63. The van der Waals surface area contributed by atoms with E-state index in [0.717, 1.165) is 6.42 Å². The highest BCUT2D eigenvalue weighted by Gasteiger charge is 2.40. The molecule has 2 amide bonds. The summed E-state index contributed by atoms with van der Waals surface area (Å²) in [5, 5.41) is 13.9. The van der Waals surface area contributed by atoms with Gasteiger partial charge in [0.05, 0.1) is 17.6 Å². The van der Waals surface area contributed by atoms with Crippen LogP contribution in [0.2, 0.25) is 0 Å². The maximum absolute atomic E-state index is 13.6. The number of carboxylic acid groups (broad SMARTS) is 1. The summed E-state index contributed by atoms with van der Waals surface area (Å²) in [6.45, 7) is 0. The zero-order chi connectivity index (χ0) is 14.8. The third-order valence-corrected chi connectivity index (χ3v) is 3.85. The lowest BCUT2D eigenvalue weighted by molar-refractivity contribution is -0.139. The Morgan fingerprint density at radius 1 is 1.40 bits per heavy atom. The van der Waals surface area contributed by atoms with Crippen molar-refractivity contribution < 1.29 is 19.1 Å². The minimum atomic E-state index is -0.958. The maximum atomic E-state index is 13.6. The number of benzene rings is 1. The fourth-order valence-corrected chi connectivity index (χ4v) is 2.56. The molecule has 1 fully saturated rings. The molecule has 0 saturated heterocycles. The average Bonchev–Trinajstić information content (AvgIpc) is 2.29. The van der Waals surface area contributed by atoms with Crippen molar-refractivity contribution in [2.24, 2.45) is 0 Å². The number of carboxylic acids is 1. The third-order valence-electron chi connectivity index (χ3n) is 3.36. The first-order chi connectivity index (χ1) is 9.40. The summed E-state index contributed by atoms with van der Waals surface area (Å²) >= 11 is 3.13. The maximum Gasteiger partial charge on any atom is 0.319 e. The molecule has 0 atom stereocenters. The van der Waals surface area contributed by atoms with Crippen LogP contribution in [0.25, 0.3) is 0 Å². The molecule has 0 radical (unpaired) electrons. The Balaban J connectivity index is 1.99. The number of rotatable bonds is 4. The average molecular weight is 345 g/mol. The highest BCUT2D eigenvalue weighted by Crippen LogP contribution is 2.35. The number of hydrogen-bond donors (Lipinski definition) is 3. The lowest BCUT2D eigenvalue weighted by atomic mass is 9.74. The molecule has 108 valence electrons. The Bertz CT molecular complexity index is 546. The normalized spacial score (nSPS) is 16.1. The number of carbonyl (C=O) groups excluding carboxylic acids is 1. The van der Waals surface area contributed by atoms with E-state index in [2.05, 4.69) is 26.6 Å². The van der Waals surface area contributed by atoms with Crippen LogP contribution < -0.4 is 10.6 Å². The number of carbonyl (C=O) groups is 2. The number of urea groups is 1. The van der Waals surface area contributed by atoms with Crippen LogP contribution >= 0.6 is 15.9 Å². The van der Waals surface area contributed by atoms with E-state index in [-0.39, 0.29) is 12.1 Å². The lowest BCUT2D eigenvalue weighted by Gasteiger charge is -2.41. The molecule has 0 aromatic heterocycles. The third kappa shape index (κ3) is 3.47. The van der Waals surface area contributed by atoms with Crippen LogP contribution in [-0.2, 0) is 4.79 Å². The Morgan fingerprint density at radius 3 is 2.60 bits per heavy atom. The first-order valence-electron chi connectivity index (χ1n) is 6.16. The monoisotopic (exact) mass is 344 g/mol. The van der Waals surface area contributed by atoms with Gasteiger partial charge in [-0.25, -0.2) is 9.18 Å². The summed E-state index contributed by atoms with van der Waals surface area (Å²) in [5.74, 6) is -1.52. The van der Waals surface area contributed by atoms with Crippen molar-refractivity contribution in [1.82, 2.24) is 5.32 Å². The standard InChI is InChI=1S/C13H14BrFN2O3/c14-8-2-3-10(9(15)6-8)16-12(20)17-13(4-1-5-13)7-11(18)19/h2-3,6H,1,4-5,7H2,(H,18,19)(H2,16,17,20). The van der Waals surface area contributed by atoms with E-state index in [0.29, 0.717) is 17.3 Å². The summed E-state index contributed by atoms with van der Waals surface area (Å²) in [6.07, 6.45) is 1.99. The molecule has 0 aliphatic heterocycles. The Morgan fingerprint density at radius 2 is 2.10 bits per heavy atom. The van der Waals surface area contributed by atoms with Crippen molar-refractivity contribution in [1.29, 1.82) is 0 Å². The van der Waals surface area contributed by atoms with E-state index < -0.39 is 23.4 Å². The lowest BCUT2D eigenvalue weighted by Crippen LogP contribution is -2.55. The Kier molecular flexibility index (Phi) is 4.27. The molecule has 1 aromatic rings. The topological polar surface area (TPSA) is 78.4 Å². The summed E-state index contributed by atoms with van der Waals surface area (Å²) in [4.78, 5) is 22.6. The SMILES string of the molecule is O=C(O)CC1(NC(=O)Nc2ccc(Br)cc2F)CCC1. The summed E-state index contributed by atoms with van der Waals surface area (Å²) < 4.78 is 14.2. The van der Waals surface area contributed by atoms with Crippen LogP contribution in [0.1, 0.15) is 25.7 Å². The molecular weight excluding hydrogens is 331 g/mol. The zero-order valence-corrected chi connectivity index (χ0v) is 12.2. The summed E-state index contributed by atoms with van der Waals surface area (Å²) in [6, 6.07) is 3.69. The van der Waals surface area contributed by atoms with Crippen LogP contribution in [0.3, 0.4) is 0 Å². The minimum absolute atomic E-state index is 0.0514. The van der Waals surface area contributed by atoms with Gasteiger partial charge in [-0.05, 0) is 37.5 Å². The molecule has 1 aliphatic carbocycles. The highest BCUT2D eigenvalue weighted by atomic mass is 79.9. The predicted molar refractivity (Wildman–Crippen MR) is 75.1 cm³/mol. The molecule has 1 aliphatic rings. The second-order valence-electron chi connectivity index (χ2n) is 4.91. The quantitative estimate of drug-likeness (QED) is 0.785. The van der Waals surface area contributed by atoms with Gasteiger partial charge in [-0.15, -0.1) is 0 Å². The smallest absolute Gasteiger partial charge is 0.319 e. The van der Waals surface area contributed by atoms with Gasteiger partial charge in [-0.3, -0.25) is 4.79 Å². The van der Waals surface area contributed by atoms with E-state index in [1.807, 2.05) is 0 Å². The van der Waals surface area contributed by atoms with E-state index in [1.54, 1.807) is 6.07 Å². The van der Waals surface area contributed by atoms with Crippen LogP contribution in [0, 0.1) is 5.82 Å². The fraction of sp³-hybridized carbons (Fsp3) is 0.385. The molecular formula is C13H14BrFN2O3. The van der Waals surface area contributed by atoms with Gasteiger partial charge in [0, 0.05) is 4.47 Å². The van der Waals surface area contributed by atoms with E-state index in [9.17, 15) is 14.0 Å². The second-order valence-corrected chi connectivity index (χ2v) is 5.82. The van der Waals surface area contributed by atoms with Gasteiger partial charge in [0.2, 0.25) is 0 Å². The first-order valence-corrected chi connectivity index (χ1v) is 6.96. The molecule has 0 heterocycles. The fourth-order valence-electron chi connectivity index (χ4n) is 2.22. The van der Waals surface area contributed by atoms with Crippen molar-refractivity contribution in [3.8, 4) is 0 Å². The van der Waals surface area contributed by atoms with Crippen molar-refractivity contribution >= 4 is 33.6 Å². The predicted octanol–water partition coefficient (Wildman–Crippen LogP) is 3.11. The molecule has 0 unspecified atom stereocenters. The summed E-state index contributed by atoms with van der Waals surface area (Å²) in [5.41, 5.74) is -0.655. The number of hydrogen-bond acceptors (Lipinski definition) is 2. The molecule has 7 heteroatoms. The van der Waals surface area contributed by atoms with E-state index in [4.69, 9.17) is 5.11 Å². The van der Waals surface area contributed by atoms with E-state index >= 15 is 0 Å². The minimum Gasteiger partial charge on any atom is -0.481 e. The molecule has 2 rings (SSSR count). The largest absolute Gasteiger partial charge is 0.481 e. The molecule has 3 N–H and O–H groups in total. The van der Waals surface area contributed by atoms with Gasteiger partial charge in [0.1, 0.15) is 5.82 Å². The van der Waals surface area contributed by atoms with Gasteiger partial charge in [0.15, 0.2) is 0 Å². The molecule has 1 aromatic carbocycles. The van der Waals surface area contributed by atoms with Gasteiger partial charge in [-0.1, -0.05) is 15.9 Å². The second kappa shape index (κ2) is 5.78. The van der Waals surface area contributed by atoms with Crippen molar-refractivity contribution in [2.45, 2.75) is 31.2 Å². The zero-order valence-electron chi connectivity index (χ0n) is 10.6. The molecule has 5 nitrogen and oxygen atoms in total. The van der Waals surface area contributed by atoms with E-state index in [1.165, 1.54) is 12.1 Å². The number of amides is 2. The van der Waals surface area contributed by atoms with Gasteiger partial charge < -0.3 is 15.7 Å². The first kappa shape index (κ1) is 14.8. The molecule has 1 saturated carbocycles. The van der Waals surface area contributed by atoms with Crippen LogP contribution in [0.15, 0.2) is 22.7 Å². The molecule has 0 spiro atoms. The van der Waals surface area contributed by atoms with Crippen LogP contribution in [0.5, 0.6) is 0 Å². The highest BCUT2D eigenvalue weighted by molar-refractivity contribution is 9.10. The van der Waals surface area contributed by atoms with Gasteiger partial charge in [-0.2, -0.15) is 0 Å². The van der Waals surface area contributed by atoms with Crippen LogP contribution in [-0.4, -0.2) is 22.6 Å². The number of aliphatic carboxylic acids is 1. The number of halogens is 2. The van der Waals surface area contributed by atoms with Gasteiger partial charge >= 0.3 is 12.0 Å². The van der Waals surface area contributed by atoms with Crippen molar-refractivity contribution in [2.75, 3.05) is 5.32 Å². The molecule has 20 heavy (non-hydrogen) atoms. The van der Waals surface area contributed by atoms with Gasteiger partial charge in [0.25, 0.3) is 0 Å². The van der Waals surface area contributed by atoms with Crippen molar-refractivity contribution in [3.63, 3.8) is 0 Å². The summed E-state index contributed by atoms with van der Waals surface area (Å²) in [7, 11) is 0. The Labute approximate surface area is 123 Å². The van der Waals surface area contributed by atoms with Crippen LogP contribution in [0.4, 0.5) is 14.9 Å².